The van der Waals surface area contributed by atoms with E-state index in [0.29, 0.717) is 31.6 Å². The summed E-state index contributed by atoms with van der Waals surface area (Å²) < 4.78 is 1.95. The molecule has 3 N–H and O–H groups in total. The summed E-state index contributed by atoms with van der Waals surface area (Å²) in [6, 6.07) is 2.86. The van der Waals surface area contributed by atoms with E-state index < -0.39 is 0 Å². The Morgan fingerprint density at radius 3 is 3.00 bits per heavy atom. The summed E-state index contributed by atoms with van der Waals surface area (Å²) in [4.78, 5) is 18.8. The van der Waals surface area contributed by atoms with Crippen molar-refractivity contribution in [3.05, 3.63) is 24.0 Å². The van der Waals surface area contributed by atoms with Crippen molar-refractivity contribution < 1.29 is 4.79 Å². The molecular weight excluding hydrogens is 328 g/mol. The smallest absolute Gasteiger partial charge is 0.221 e. The van der Waals surface area contributed by atoms with Crippen molar-refractivity contribution in [2.45, 2.75) is 58.2 Å². The molecular formula is C19H30N6O. The molecule has 142 valence electrons. The maximum Gasteiger partial charge on any atom is 0.221 e. The van der Waals surface area contributed by atoms with E-state index in [-0.39, 0.29) is 5.91 Å². The van der Waals surface area contributed by atoms with Gasteiger partial charge in [-0.05, 0) is 44.9 Å². The molecule has 2 aromatic heterocycles. The molecule has 0 bridgehead atoms. The predicted molar refractivity (Wildman–Crippen MR) is 103 cm³/mol. The quantitative estimate of drug-likeness (QED) is 0.788. The minimum Gasteiger partial charge on any atom is -0.354 e. The number of piperidine rings is 1. The molecule has 1 atom stereocenters. The van der Waals surface area contributed by atoms with Crippen LogP contribution in [0.2, 0.25) is 0 Å². The van der Waals surface area contributed by atoms with Crippen molar-refractivity contribution in [3.63, 3.8) is 0 Å². The molecule has 3 heterocycles. The molecule has 0 aromatic carbocycles. The molecule has 1 unspecified atom stereocenters. The number of nitrogens with two attached hydrogens (primary N) is 1. The fraction of sp³-hybridized carbons (Fsp3) is 0.632. The van der Waals surface area contributed by atoms with Gasteiger partial charge < -0.3 is 11.1 Å². The van der Waals surface area contributed by atoms with Crippen LogP contribution in [-0.2, 0) is 11.3 Å². The molecule has 0 aliphatic carbocycles. The van der Waals surface area contributed by atoms with Crippen LogP contribution in [-0.4, -0.2) is 51.2 Å². The summed E-state index contributed by atoms with van der Waals surface area (Å²) in [5.74, 6) is 0.0437. The van der Waals surface area contributed by atoms with Gasteiger partial charge in [-0.1, -0.05) is 6.42 Å². The zero-order chi connectivity index (χ0) is 18.5. The lowest BCUT2D eigenvalue weighted by molar-refractivity contribution is -0.121. The van der Waals surface area contributed by atoms with E-state index in [2.05, 4.69) is 40.2 Å². The van der Waals surface area contributed by atoms with Gasteiger partial charge in [0.25, 0.3) is 0 Å². The van der Waals surface area contributed by atoms with Crippen LogP contribution in [0.15, 0.2) is 18.5 Å². The van der Waals surface area contributed by atoms with Crippen LogP contribution >= 0.6 is 0 Å². The zero-order valence-corrected chi connectivity index (χ0v) is 15.8. The molecule has 1 fully saturated rings. The number of rotatable bonds is 7. The normalized spacial score (nSPS) is 18.5. The third kappa shape index (κ3) is 4.40. The average molecular weight is 358 g/mol. The van der Waals surface area contributed by atoms with E-state index in [4.69, 9.17) is 5.73 Å². The first-order valence-corrected chi connectivity index (χ1v) is 9.61. The Balaban J connectivity index is 1.67. The largest absolute Gasteiger partial charge is 0.354 e. The number of carbonyl (C=O) groups is 1. The molecule has 1 aliphatic heterocycles. The lowest BCUT2D eigenvalue weighted by Crippen LogP contribution is -2.46. The molecule has 2 aromatic rings. The van der Waals surface area contributed by atoms with Crippen LogP contribution in [0.3, 0.4) is 0 Å². The van der Waals surface area contributed by atoms with Gasteiger partial charge in [0, 0.05) is 49.7 Å². The van der Waals surface area contributed by atoms with E-state index in [0.717, 1.165) is 30.5 Å². The Morgan fingerprint density at radius 2 is 2.23 bits per heavy atom. The molecule has 7 nitrogen and oxygen atoms in total. The van der Waals surface area contributed by atoms with Crippen molar-refractivity contribution in [3.8, 4) is 0 Å². The average Bonchev–Trinajstić information content (AvgIpc) is 3.05. The number of hydrogen-bond donors (Lipinski definition) is 2. The standard InChI is InChI=1S/C19H30N6O/c1-14(2)25-19-16(11-23-25)9-15(10-22-19)13-24-8-4-3-5-17(24)12-21-18(26)6-7-20/h9-11,14,17H,3-8,12-13,20H2,1-2H3,(H,21,26). The Hall–Kier alpha value is -1.99. The first-order valence-electron chi connectivity index (χ1n) is 9.61. The highest BCUT2D eigenvalue weighted by Gasteiger charge is 2.23. The van der Waals surface area contributed by atoms with Gasteiger partial charge in [0.05, 0.1) is 6.20 Å². The number of nitrogens with zero attached hydrogens (tertiary/aromatic N) is 4. The third-order valence-electron chi connectivity index (χ3n) is 5.02. The summed E-state index contributed by atoms with van der Waals surface area (Å²) in [5.41, 5.74) is 7.58. The van der Waals surface area contributed by atoms with Crippen molar-refractivity contribution in [2.24, 2.45) is 5.73 Å². The molecule has 1 saturated heterocycles. The van der Waals surface area contributed by atoms with Crippen molar-refractivity contribution in [1.29, 1.82) is 0 Å². The lowest BCUT2D eigenvalue weighted by Gasteiger charge is -2.35. The number of hydrogen-bond acceptors (Lipinski definition) is 5. The molecule has 1 amide bonds. The SMILES string of the molecule is CC(C)n1ncc2cc(CN3CCCCC3CNC(=O)CCN)cnc21. The summed E-state index contributed by atoms with van der Waals surface area (Å²) in [7, 11) is 0. The highest BCUT2D eigenvalue weighted by atomic mass is 16.1. The molecule has 7 heteroatoms. The number of nitrogens with one attached hydrogen (secondary N) is 1. The monoisotopic (exact) mass is 358 g/mol. The molecule has 26 heavy (non-hydrogen) atoms. The summed E-state index contributed by atoms with van der Waals surface area (Å²) in [6.45, 7) is 7.22. The van der Waals surface area contributed by atoms with Gasteiger partial charge in [-0.3, -0.25) is 9.69 Å². The second-order valence-corrected chi connectivity index (χ2v) is 7.40. The van der Waals surface area contributed by atoms with Crippen molar-refractivity contribution in [1.82, 2.24) is 25.0 Å². The molecule has 0 saturated carbocycles. The molecule has 0 spiro atoms. The van der Waals surface area contributed by atoms with Gasteiger partial charge in [0.2, 0.25) is 5.91 Å². The number of likely N-dealkylation sites (tertiary alicyclic amines) is 1. The van der Waals surface area contributed by atoms with Crippen molar-refractivity contribution >= 4 is 16.9 Å². The summed E-state index contributed by atoms with van der Waals surface area (Å²) in [6.07, 6.45) is 7.78. The second-order valence-electron chi connectivity index (χ2n) is 7.40. The van der Waals surface area contributed by atoms with E-state index in [1.165, 1.54) is 18.4 Å². The van der Waals surface area contributed by atoms with Gasteiger partial charge in [0.1, 0.15) is 0 Å². The summed E-state index contributed by atoms with van der Waals surface area (Å²) >= 11 is 0. The van der Waals surface area contributed by atoms with E-state index >= 15 is 0 Å². The number of fused-ring (bicyclic) bond motifs is 1. The van der Waals surface area contributed by atoms with E-state index in [9.17, 15) is 4.79 Å². The second kappa shape index (κ2) is 8.60. The lowest BCUT2D eigenvalue weighted by atomic mass is 10.0. The van der Waals surface area contributed by atoms with Gasteiger partial charge in [-0.25, -0.2) is 9.67 Å². The van der Waals surface area contributed by atoms with Crippen LogP contribution < -0.4 is 11.1 Å². The maximum atomic E-state index is 11.7. The number of carbonyl (C=O) groups excluding carboxylic acids is 1. The van der Waals surface area contributed by atoms with Crippen LogP contribution in [0.1, 0.15) is 51.1 Å². The van der Waals surface area contributed by atoms with E-state index in [1.807, 2.05) is 17.1 Å². The zero-order valence-electron chi connectivity index (χ0n) is 15.8. The first kappa shape index (κ1) is 18.8. The minimum atomic E-state index is 0.0437. The van der Waals surface area contributed by atoms with Gasteiger partial charge in [-0.2, -0.15) is 5.10 Å². The first-order chi connectivity index (χ1) is 12.6. The van der Waals surface area contributed by atoms with Gasteiger partial charge in [-0.15, -0.1) is 0 Å². The third-order valence-corrected chi connectivity index (χ3v) is 5.02. The number of pyridine rings is 1. The highest BCUT2D eigenvalue weighted by Crippen LogP contribution is 2.21. The summed E-state index contributed by atoms with van der Waals surface area (Å²) in [5, 5.41) is 8.56. The van der Waals surface area contributed by atoms with Crippen LogP contribution in [0, 0.1) is 0 Å². The molecule has 3 rings (SSSR count). The van der Waals surface area contributed by atoms with Gasteiger partial charge in [0.15, 0.2) is 5.65 Å². The minimum absolute atomic E-state index is 0.0437. The Labute approximate surface area is 154 Å². The maximum absolute atomic E-state index is 11.7. The van der Waals surface area contributed by atoms with Crippen LogP contribution in [0.5, 0.6) is 0 Å². The van der Waals surface area contributed by atoms with Crippen LogP contribution in [0.4, 0.5) is 0 Å². The highest BCUT2D eigenvalue weighted by molar-refractivity contribution is 5.76. The topological polar surface area (TPSA) is 89.1 Å². The fourth-order valence-electron chi connectivity index (χ4n) is 3.63. The van der Waals surface area contributed by atoms with Crippen LogP contribution in [0.25, 0.3) is 11.0 Å². The number of aromatic nitrogens is 3. The predicted octanol–water partition coefficient (Wildman–Crippen LogP) is 1.83. The van der Waals surface area contributed by atoms with Gasteiger partial charge >= 0.3 is 0 Å². The van der Waals surface area contributed by atoms with E-state index in [1.54, 1.807) is 0 Å². The Bertz CT molecular complexity index is 741. The molecule has 1 aliphatic rings. The fourth-order valence-corrected chi connectivity index (χ4v) is 3.63. The Kier molecular flexibility index (Phi) is 6.21. The Morgan fingerprint density at radius 1 is 1.38 bits per heavy atom. The number of amides is 1. The molecule has 0 radical (unpaired) electrons. The van der Waals surface area contributed by atoms with Crippen molar-refractivity contribution in [2.75, 3.05) is 19.6 Å².